The Kier molecular flexibility index (Phi) is 9.00. The zero-order valence-electron chi connectivity index (χ0n) is 23.1. The summed E-state index contributed by atoms with van der Waals surface area (Å²) in [6.07, 6.45) is 0. The number of hydrogen-bond acceptors (Lipinski definition) is 7. The second-order valence-electron chi connectivity index (χ2n) is 9.28. The van der Waals surface area contributed by atoms with Crippen LogP contribution in [0.2, 0.25) is 5.02 Å². The molecule has 3 N–H and O–H groups in total. The summed E-state index contributed by atoms with van der Waals surface area (Å²) in [5.74, 6) is 0.118. The number of sulfonamides is 2. The van der Waals surface area contributed by atoms with Crippen molar-refractivity contribution < 1.29 is 31.1 Å². The van der Waals surface area contributed by atoms with Gasteiger partial charge >= 0.3 is 0 Å². The molecule has 0 spiro atoms. The monoisotopic (exact) mass is 629 g/mol. The van der Waals surface area contributed by atoms with Crippen LogP contribution in [0.1, 0.15) is 21.5 Å². The summed E-state index contributed by atoms with van der Waals surface area (Å²) in [5, 5.41) is 2.58. The molecule has 0 bridgehead atoms. The van der Waals surface area contributed by atoms with Crippen LogP contribution in [-0.2, 0) is 20.0 Å². The average Bonchev–Trinajstić information content (AvgIpc) is 2.92. The second kappa shape index (κ2) is 12.3. The quantitative estimate of drug-likeness (QED) is 0.201. The summed E-state index contributed by atoms with van der Waals surface area (Å²) in [4.78, 5) is 12.6. The number of methoxy groups -OCH3 is 2. The molecule has 220 valence electrons. The third-order valence-electron chi connectivity index (χ3n) is 6.03. The summed E-state index contributed by atoms with van der Waals surface area (Å²) >= 11 is 6.20. The molecule has 0 radical (unpaired) electrons. The Labute approximate surface area is 249 Å². The fourth-order valence-electron chi connectivity index (χ4n) is 4.11. The first-order valence-corrected chi connectivity index (χ1v) is 15.7. The van der Waals surface area contributed by atoms with Crippen molar-refractivity contribution in [1.82, 2.24) is 0 Å². The van der Waals surface area contributed by atoms with Crippen LogP contribution < -0.4 is 24.2 Å². The van der Waals surface area contributed by atoms with E-state index in [1.807, 2.05) is 19.9 Å². The van der Waals surface area contributed by atoms with Gasteiger partial charge in [-0.15, -0.1) is 0 Å². The number of carbonyl (C=O) groups is 1. The van der Waals surface area contributed by atoms with Gasteiger partial charge in [0.1, 0.15) is 16.4 Å². The normalized spacial score (nSPS) is 11.5. The summed E-state index contributed by atoms with van der Waals surface area (Å²) in [7, 11) is -5.26. The molecule has 0 aromatic heterocycles. The molecule has 10 nitrogen and oxygen atoms in total. The van der Waals surface area contributed by atoms with Gasteiger partial charge in [-0.05, 0) is 91.7 Å². The Balaban J connectivity index is 1.51. The Bertz CT molecular complexity index is 1840. The first-order valence-electron chi connectivity index (χ1n) is 12.4. The summed E-state index contributed by atoms with van der Waals surface area (Å²) in [6, 6.07) is 19.3. The van der Waals surface area contributed by atoms with E-state index >= 15 is 0 Å². The van der Waals surface area contributed by atoms with E-state index in [-0.39, 0.29) is 31.8 Å². The molecule has 0 unspecified atom stereocenters. The van der Waals surface area contributed by atoms with E-state index in [0.717, 1.165) is 11.1 Å². The van der Waals surface area contributed by atoms with Crippen molar-refractivity contribution in [1.29, 1.82) is 0 Å². The molecule has 13 heteroatoms. The number of hydrogen-bond donors (Lipinski definition) is 3. The molecule has 4 aromatic carbocycles. The molecular formula is C29H28ClN3O7S2. The van der Waals surface area contributed by atoms with Gasteiger partial charge < -0.3 is 14.8 Å². The summed E-state index contributed by atoms with van der Waals surface area (Å²) < 4.78 is 67.5. The number of anilines is 3. The fraction of sp³-hybridized carbons (Fsp3) is 0.138. The van der Waals surface area contributed by atoms with Crippen LogP contribution in [0.3, 0.4) is 0 Å². The van der Waals surface area contributed by atoms with Crippen molar-refractivity contribution in [2.45, 2.75) is 23.6 Å². The Morgan fingerprint density at radius 3 is 2.00 bits per heavy atom. The highest BCUT2D eigenvalue weighted by Gasteiger charge is 2.22. The number of halogens is 1. The van der Waals surface area contributed by atoms with Gasteiger partial charge in [-0.2, -0.15) is 0 Å². The fourth-order valence-corrected chi connectivity index (χ4v) is 6.74. The highest BCUT2D eigenvalue weighted by molar-refractivity contribution is 7.93. The smallest absolute Gasteiger partial charge is 0.263 e. The van der Waals surface area contributed by atoms with E-state index in [4.69, 9.17) is 21.1 Å². The Hall–Kier alpha value is -4.26. The van der Waals surface area contributed by atoms with Crippen LogP contribution >= 0.6 is 11.6 Å². The lowest BCUT2D eigenvalue weighted by atomic mass is 10.1. The van der Waals surface area contributed by atoms with Crippen molar-refractivity contribution in [3.63, 3.8) is 0 Å². The van der Waals surface area contributed by atoms with Crippen LogP contribution in [0.4, 0.5) is 17.1 Å². The van der Waals surface area contributed by atoms with E-state index in [2.05, 4.69) is 14.8 Å². The molecule has 0 heterocycles. The number of benzene rings is 4. The first kappa shape index (κ1) is 30.7. The molecule has 0 saturated carbocycles. The number of nitrogens with one attached hydrogen (secondary N) is 3. The number of amides is 1. The van der Waals surface area contributed by atoms with E-state index in [9.17, 15) is 21.6 Å². The SMILES string of the molecule is COc1ccc(OC)c(NS(=O)(=O)c2ccc(NC(=O)c3ccc(Cl)c(S(=O)(=O)Nc4cc(C)cc(C)c4)c3)cc2)c1. The maximum Gasteiger partial charge on any atom is 0.263 e. The minimum atomic E-state index is -4.12. The van der Waals surface area contributed by atoms with Crippen LogP contribution in [0.25, 0.3) is 0 Å². The maximum atomic E-state index is 13.1. The zero-order chi connectivity index (χ0) is 30.7. The van der Waals surface area contributed by atoms with Crippen molar-refractivity contribution in [2.24, 2.45) is 0 Å². The number of carbonyl (C=O) groups excluding carboxylic acids is 1. The minimum Gasteiger partial charge on any atom is -0.497 e. The highest BCUT2D eigenvalue weighted by atomic mass is 35.5. The van der Waals surface area contributed by atoms with Crippen molar-refractivity contribution in [3.05, 3.63) is 101 Å². The van der Waals surface area contributed by atoms with E-state index < -0.39 is 26.0 Å². The van der Waals surface area contributed by atoms with Gasteiger partial charge in [-0.1, -0.05) is 17.7 Å². The van der Waals surface area contributed by atoms with Crippen LogP contribution in [0, 0.1) is 13.8 Å². The molecule has 4 aromatic rings. The number of ether oxygens (including phenoxy) is 2. The van der Waals surface area contributed by atoms with Gasteiger partial charge in [0, 0.05) is 23.0 Å². The van der Waals surface area contributed by atoms with Crippen molar-refractivity contribution in [2.75, 3.05) is 29.0 Å². The third-order valence-corrected chi connectivity index (χ3v) is 9.27. The van der Waals surface area contributed by atoms with Crippen molar-refractivity contribution in [3.8, 4) is 11.5 Å². The molecular weight excluding hydrogens is 602 g/mol. The minimum absolute atomic E-state index is 0.0312. The third kappa shape index (κ3) is 7.14. The maximum absolute atomic E-state index is 13.1. The van der Waals surface area contributed by atoms with Gasteiger partial charge in [0.2, 0.25) is 0 Å². The summed E-state index contributed by atoms with van der Waals surface area (Å²) in [6.45, 7) is 3.69. The highest BCUT2D eigenvalue weighted by Crippen LogP contribution is 2.31. The lowest BCUT2D eigenvalue weighted by Crippen LogP contribution is -2.17. The number of aryl methyl sites for hydroxylation is 2. The molecule has 0 fully saturated rings. The first-order chi connectivity index (χ1) is 19.8. The zero-order valence-corrected chi connectivity index (χ0v) is 25.4. The predicted molar refractivity (Wildman–Crippen MR) is 163 cm³/mol. The van der Waals surface area contributed by atoms with Crippen LogP contribution in [-0.4, -0.2) is 37.0 Å². The van der Waals surface area contributed by atoms with Gasteiger partial charge in [-0.3, -0.25) is 14.2 Å². The summed E-state index contributed by atoms with van der Waals surface area (Å²) in [5.41, 5.74) is 2.62. The standard InChI is InChI=1S/C29H28ClN3O7S2/c1-18-13-19(2)15-22(14-18)32-42(37,38)28-16-20(5-11-25(28)30)29(34)31-21-6-9-24(10-7-21)41(35,36)33-26-17-23(39-3)8-12-27(26)40-4/h5-17,32-33H,1-4H3,(H,31,34). The molecule has 0 saturated heterocycles. The molecule has 0 atom stereocenters. The predicted octanol–water partition coefficient (Wildman–Crippen LogP) is 5.83. The second-order valence-corrected chi connectivity index (χ2v) is 13.0. The topological polar surface area (TPSA) is 140 Å². The Morgan fingerprint density at radius 1 is 0.714 bits per heavy atom. The molecule has 42 heavy (non-hydrogen) atoms. The lowest BCUT2D eigenvalue weighted by molar-refractivity contribution is 0.102. The van der Waals surface area contributed by atoms with Gasteiger partial charge in [0.15, 0.2) is 0 Å². The van der Waals surface area contributed by atoms with Crippen LogP contribution in [0.15, 0.2) is 88.7 Å². The van der Waals surface area contributed by atoms with Gasteiger partial charge in [-0.25, -0.2) is 16.8 Å². The molecule has 0 aliphatic rings. The lowest BCUT2D eigenvalue weighted by Gasteiger charge is -2.14. The van der Waals surface area contributed by atoms with E-state index in [1.54, 1.807) is 24.3 Å². The van der Waals surface area contributed by atoms with Crippen LogP contribution in [0.5, 0.6) is 11.5 Å². The Morgan fingerprint density at radius 2 is 1.38 bits per heavy atom. The van der Waals surface area contributed by atoms with E-state index in [0.29, 0.717) is 17.2 Å². The average molecular weight is 630 g/mol. The molecule has 1 amide bonds. The van der Waals surface area contributed by atoms with Gasteiger partial charge in [0.25, 0.3) is 26.0 Å². The molecule has 0 aliphatic heterocycles. The van der Waals surface area contributed by atoms with Crippen molar-refractivity contribution >= 4 is 54.6 Å². The van der Waals surface area contributed by atoms with E-state index in [1.165, 1.54) is 62.8 Å². The largest absolute Gasteiger partial charge is 0.497 e. The van der Waals surface area contributed by atoms with Gasteiger partial charge in [0.05, 0.1) is 29.8 Å². The number of rotatable bonds is 10. The molecule has 4 rings (SSSR count). The molecule has 0 aliphatic carbocycles.